The van der Waals surface area contributed by atoms with Crippen molar-refractivity contribution in [1.82, 2.24) is 9.62 Å². The van der Waals surface area contributed by atoms with Crippen molar-refractivity contribution >= 4 is 10.0 Å². The van der Waals surface area contributed by atoms with Crippen LogP contribution in [0.2, 0.25) is 0 Å². The Morgan fingerprint density at radius 3 is 2.06 bits per heavy atom. The Balaban J connectivity index is 1.68. The van der Waals surface area contributed by atoms with Gasteiger partial charge in [0.2, 0.25) is 10.0 Å². The zero-order valence-corrected chi connectivity index (χ0v) is 11.8. The van der Waals surface area contributed by atoms with Crippen molar-refractivity contribution in [2.24, 2.45) is 11.8 Å². The summed E-state index contributed by atoms with van der Waals surface area (Å²) in [6.45, 7) is 3.19. The van der Waals surface area contributed by atoms with Gasteiger partial charge in [0.05, 0.1) is 5.25 Å². The lowest BCUT2D eigenvalue weighted by atomic mass is 10.2. The third kappa shape index (κ3) is 3.06. The summed E-state index contributed by atoms with van der Waals surface area (Å²) in [5, 5.41) is 3.05. The number of rotatable bonds is 6. The second-order valence-corrected chi connectivity index (χ2v) is 8.43. The minimum atomic E-state index is -3.06. The van der Waals surface area contributed by atoms with E-state index in [-0.39, 0.29) is 5.25 Å². The lowest BCUT2D eigenvalue weighted by Crippen LogP contribution is -2.47. The van der Waals surface area contributed by atoms with Crippen LogP contribution >= 0.6 is 0 Å². The van der Waals surface area contributed by atoms with Gasteiger partial charge in [-0.1, -0.05) is 0 Å². The molecule has 1 N–H and O–H groups in total. The van der Waals surface area contributed by atoms with Gasteiger partial charge < -0.3 is 5.32 Å². The van der Waals surface area contributed by atoms with E-state index in [0.29, 0.717) is 18.4 Å². The Bertz CT molecular complexity index is 368. The summed E-state index contributed by atoms with van der Waals surface area (Å²) in [6.07, 6.45) is 6.71. The summed E-state index contributed by atoms with van der Waals surface area (Å²) < 4.78 is 27.2. The van der Waals surface area contributed by atoms with Crippen LogP contribution in [-0.4, -0.2) is 44.2 Å². The highest BCUT2D eigenvalue weighted by molar-refractivity contribution is 7.89. The number of nitrogens with zero attached hydrogens (tertiary/aromatic N) is 1. The van der Waals surface area contributed by atoms with E-state index in [1.807, 2.05) is 4.31 Å². The maximum atomic E-state index is 12.7. The molecule has 18 heavy (non-hydrogen) atoms. The molecular formula is C13H24N2O2S. The molecule has 0 radical (unpaired) electrons. The fourth-order valence-corrected chi connectivity index (χ4v) is 4.80. The maximum Gasteiger partial charge on any atom is 0.218 e. The van der Waals surface area contributed by atoms with Gasteiger partial charge in [0.15, 0.2) is 0 Å². The van der Waals surface area contributed by atoms with Gasteiger partial charge in [0.1, 0.15) is 0 Å². The SMILES string of the molecule is O=S(=O)(C1CCCNC1)N(CC1CC1)CC1CC1. The van der Waals surface area contributed by atoms with E-state index in [0.717, 1.165) is 32.5 Å². The van der Waals surface area contributed by atoms with Crippen LogP contribution in [0.15, 0.2) is 0 Å². The second kappa shape index (κ2) is 5.10. The van der Waals surface area contributed by atoms with Crippen LogP contribution in [-0.2, 0) is 10.0 Å². The molecule has 0 aromatic heterocycles. The molecule has 1 saturated heterocycles. The topological polar surface area (TPSA) is 49.4 Å². The highest BCUT2D eigenvalue weighted by Gasteiger charge is 2.39. The van der Waals surface area contributed by atoms with Gasteiger partial charge in [-0.15, -0.1) is 0 Å². The largest absolute Gasteiger partial charge is 0.315 e. The van der Waals surface area contributed by atoms with Crippen LogP contribution in [0.4, 0.5) is 0 Å². The lowest BCUT2D eigenvalue weighted by Gasteiger charge is -2.30. The molecule has 3 rings (SSSR count). The number of nitrogens with one attached hydrogen (secondary N) is 1. The van der Waals surface area contributed by atoms with Gasteiger partial charge in [-0.05, 0) is 56.9 Å². The fraction of sp³-hybridized carbons (Fsp3) is 1.00. The molecule has 2 saturated carbocycles. The van der Waals surface area contributed by atoms with E-state index in [1.54, 1.807) is 0 Å². The van der Waals surface area contributed by atoms with Crippen molar-refractivity contribution in [2.75, 3.05) is 26.2 Å². The number of sulfonamides is 1. The minimum Gasteiger partial charge on any atom is -0.315 e. The summed E-state index contributed by atoms with van der Waals surface area (Å²) >= 11 is 0. The summed E-state index contributed by atoms with van der Waals surface area (Å²) in [4.78, 5) is 0. The predicted octanol–water partition coefficient (Wildman–Crippen LogP) is 1.19. The Hall–Kier alpha value is -0.130. The number of hydrogen-bond acceptors (Lipinski definition) is 3. The Kier molecular flexibility index (Phi) is 3.65. The average Bonchev–Trinajstić information content (AvgIpc) is 3.24. The molecule has 2 aliphatic carbocycles. The average molecular weight is 272 g/mol. The maximum absolute atomic E-state index is 12.7. The molecular weight excluding hydrogens is 248 g/mol. The van der Waals surface area contributed by atoms with E-state index in [4.69, 9.17) is 0 Å². The molecule has 1 aliphatic heterocycles. The predicted molar refractivity (Wildman–Crippen MR) is 71.8 cm³/mol. The van der Waals surface area contributed by atoms with E-state index < -0.39 is 10.0 Å². The molecule has 1 unspecified atom stereocenters. The molecule has 0 amide bonds. The number of piperidine rings is 1. The van der Waals surface area contributed by atoms with Crippen molar-refractivity contribution in [3.8, 4) is 0 Å². The summed E-state index contributed by atoms with van der Waals surface area (Å²) in [5.74, 6) is 1.30. The van der Waals surface area contributed by atoms with Gasteiger partial charge in [-0.2, -0.15) is 0 Å². The van der Waals surface area contributed by atoms with Crippen LogP contribution in [0.3, 0.4) is 0 Å². The molecule has 4 nitrogen and oxygen atoms in total. The molecule has 3 aliphatic rings. The zero-order valence-electron chi connectivity index (χ0n) is 11.0. The monoisotopic (exact) mass is 272 g/mol. The summed E-state index contributed by atoms with van der Waals surface area (Å²) in [7, 11) is -3.06. The van der Waals surface area contributed by atoms with Crippen LogP contribution in [0.1, 0.15) is 38.5 Å². The Morgan fingerprint density at radius 2 is 1.61 bits per heavy atom. The van der Waals surface area contributed by atoms with Crippen LogP contribution in [0.5, 0.6) is 0 Å². The summed E-state index contributed by atoms with van der Waals surface area (Å²) in [6, 6.07) is 0. The van der Waals surface area contributed by atoms with Crippen molar-refractivity contribution < 1.29 is 8.42 Å². The van der Waals surface area contributed by atoms with Gasteiger partial charge in [-0.25, -0.2) is 12.7 Å². The third-order valence-electron chi connectivity index (χ3n) is 4.35. The molecule has 0 spiro atoms. The summed E-state index contributed by atoms with van der Waals surface area (Å²) in [5.41, 5.74) is 0. The van der Waals surface area contributed by atoms with E-state index in [1.165, 1.54) is 25.7 Å². The molecule has 0 aromatic carbocycles. The lowest BCUT2D eigenvalue weighted by molar-refractivity contribution is 0.367. The highest BCUT2D eigenvalue weighted by atomic mass is 32.2. The molecule has 0 bridgehead atoms. The second-order valence-electron chi connectivity index (χ2n) is 6.22. The third-order valence-corrected chi connectivity index (χ3v) is 6.61. The standard InChI is InChI=1S/C13H24N2O2S/c16-18(17,13-2-1-7-14-8-13)15(9-11-3-4-11)10-12-5-6-12/h11-14H,1-10H2. The molecule has 5 heteroatoms. The first-order chi connectivity index (χ1) is 8.66. The molecule has 3 fully saturated rings. The molecule has 104 valence electrons. The van der Waals surface area contributed by atoms with Crippen molar-refractivity contribution in [2.45, 2.75) is 43.8 Å². The van der Waals surface area contributed by atoms with Crippen molar-refractivity contribution in [3.63, 3.8) is 0 Å². The van der Waals surface area contributed by atoms with Crippen molar-refractivity contribution in [1.29, 1.82) is 0 Å². The van der Waals surface area contributed by atoms with Gasteiger partial charge in [0.25, 0.3) is 0 Å². The van der Waals surface area contributed by atoms with Crippen molar-refractivity contribution in [3.05, 3.63) is 0 Å². The van der Waals surface area contributed by atoms with Gasteiger partial charge in [0, 0.05) is 19.6 Å². The number of hydrogen-bond donors (Lipinski definition) is 1. The molecule has 0 aromatic rings. The fourth-order valence-electron chi connectivity index (χ4n) is 2.74. The van der Waals surface area contributed by atoms with E-state index in [2.05, 4.69) is 5.32 Å². The zero-order chi connectivity index (χ0) is 12.6. The minimum absolute atomic E-state index is 0.177. The quantitative estimate of drug-likeness (QED) is 0.790. The highest BCUT2D eigenvalue weighted by Crippen LogP contribution is 2.35. The van der Waals surface area contributed by atoms with Gasteiger partial charge in [-0.3, -0.25) is 0 Å². The molecule has 1 atom stereocenters. The van der Waals surface area contributed by atoms with Gasteiger partial charge >= 0.3 is 0 Å². The van der Waals surface area contributed by atoms with Crippen LogP contribution in [0.25, 0.3) is 0 Å². The first-order valence-electron chi connectivity index (χ1n) is 7.36. The Labute approximate surface area is 110 Å². The van der Waals surface area contributed by atoms with Crippen LogP contribution < -0.4 is 5.32 Å². The van der Waals surface area contributed by atoms with E-state index in [9.17, 15) is 8.42 Å². The molecule has 1 heterocycles. The smallest absolute Gasteiger partial charge is 0.218 e. The first kappa shape index (κ1) is 12.9. The van der Waals surface area contributed by atoms with E-state index >= 15 is 0 Å². The Morgan fingerprint density at radius 1 is 1.00 bits per heavy atom. The van der Waals surface area contributed by atoms with Crippen LogP contribution in [0, 0.1) is 11.8 Å². The first-order valence-corrected chi connectivity index (χ1v) is 8.86. The normalized spacial score (nSPS) is 29.7.